The van der Waals surface area contributed by atoms with Gasteiger partial charge in [-0.15, -0.1) is 0 Å². The topological polar surface area (TPSA) is 118 Å². The number of anilines is 1. The van der Waals surface area contributed by atoms with Crippen LogP contribution in [0.4, 0.5) is 11.4 Å². The van der Waals surface area contributed by atoms with Crippen LogP contribution in [0.25, 0.3) is 0 Å². The molecule has 0 radical (unpaired) electrons. The van der Waals surface area contributed by atoms with Crippen molar-refractivity contribution in [2.24, 2.45) is 0 Å². The molecule has 0 bridgehead atoms. The lowest BCUT2D eigenvalue weighted by Crippen LogP contribution is -2.43. The lowest BCUT2D eigenvalue weighted by atomic mass is 10.2. The molecule has 0 amide bonds. The summed E-state index contributed by atoms with van der Waals surface area (Å²) in [5.41, 5.74) is -0.741. The number of halogens is 1. The van der Waals surface area contributed by atoms with Crippen molar-refractivity contribution in [1.82, 2.24) is 0 Å². The SMILES string of the molecule is CC(C(=O)O)N(c1ccccc1Cl)S(=O)(=O)c1ccccc1[N+](=O)[O-]. The van der Waals surface area contributed by atoms with Gasteiger partial charge in [0.15, 0.2) is 4.90 Å². The predicted octanol–water partition coefficient (Wildman–Crippen LogP) is 2.92. The third-order valence-electron chi connectivity index (χ3n) is 3.40. The van der Waals surface area contributed by atoms with E-state index in [1.165, 1.54) is 30.3 Å². The molecule has 0 saturated carbocycles. The van der Waals surface area contributed by atoms with E-state index in [2.05, 4.69) is 0 Å². The maximum atomic E-state index is 13.1. The van der Waals surface area contributed by atoms with E-state index in [4.69, 9.17) is 11.6 Å². The van der Waals surface area contributed by atoms with E-state index in [1.54, 1.807) is 6.07 Å². The summed E-state index contributed by atoms with van der Waals surface area (Å²) in [6, 6.07) is 8.93. The Morgan fingerprint density at radius 3 is 2.32 bits per heavy atom. The minimum atomic E-state index is -4.57. The Kier molecular flexibility index (Phi) is 5.29. The molecular weight excluding hydrogens is 372 g/mol. The van der Waals surface area contributed by atoms with Gasteiger partial charge >= 0.3 is 5.97 Å². The van der Waals surface area contributed by atoms with Crippen LogP contribution >= 0.6 is 11.6 Å². The Morgan fingerprint density at radius 1 is 1.20 bits per heavy atom. The van der Waals surface area contributed by atoms with Crippen LogP contribution in [0.3, 0.4) is 0 Å². The van der Waals surface area contributed by atoms with Crippen LogP contribution in [-0.2, 0) is 14.8 Å². The number of para-hydroxylation sites is 2. The molecule has 10 heteroatoms. The number of aliphatic carboxylic acids is 1. The molecule has 0 aliphatic carbocycles. The molecule has 8 nitrogen and oxygen atoms in total. The maximum absolute atomic E-state index is 13.1. The summed E-state index contributed by atoms with van der Waals surface area (Å²) in [6.45, 7) is 1.15. The van der Waals surface area contributed by atoms with Crippen LogP contribution in [0, 0.1) is 10.1 Å². The van der Waals surface area contributed by atoms with Gasteiger partial charge < -0.3 is 5.11 Å². The first-order valence-electron chi connectivity index (χ1n) is 6.93. The normalized spacial score (nSPS) is 12.4. The zero-order chi connectivity index (χ0) is 18.8. The summed E-state index contributed by atoms with van der Waals surface area (Å²) in [5, 5.41) is 20.5. The fourth-order valence-electron chi connectivity index (χ4n) is 2.21. The molecule has 2 aromatic carbocycles. The number of hydrogen-bond acceptors (Lipinski definition) is 5. The number of carboxylic acid groups (broad SMARTS) is 1. The number of hydrogen-bond donors (Lipinski definition) is 1. The van der Waals surface area contributed by atoms with Gasteiger partial charge in [0.1, 0.15) is 6.04 Å². The Morgan fingerprint density at radius 2 is 1.76 bits per heavy atom. The number of nitro groups is 1. The Hall–Kier alpha value is -2.65. The molecule has 2 aromatic rings. The van der Waals surface area contributed by atoms with Crippen LogP contribution < -0.4 is 4.31 Å². The highest BCUT2D eigenvalue weighted by molar-refractivity contribution is 7.93. The number of nitro benzene ring substituents is 1. The van der Waals surface area contributed by atoms with Crippen molar-refractivity contribution in [1.29, 1.82) is 0 Å². The highest BCUT2D eigenvalue weighted by Crippen LogP contribution is 2.35. The van der Waals surface area contributed by atoms with Crippen LogP contribution in [0.5, 0.6) is 0 Å². The maximum Gasteiger partial charge on any atom is 0.327 e. The van der Waals surface area contributed by atoms with Crippen molar-refractivity contribution in [3.05, 3.63) is 63.7 Å². The second kappa shape index (κ2) is 7.08. The smallest absolute Gasteiger partial charge is 0.327 e. The molecular formula is C15H13ClN2O6S. The second-order valence-electron chi connectivity index (χ2n) is 4.99. The van der Waals surface area contributed by atoms with Crippen molar-refractivity contribution >= 4 is 39.0 Å². The molecule has 1 atom stereocenters. The zero-order valence-electron chi connectivity index (χ0n) is 12.9. The van der Waals surface area contributed by atoms with Gasteiger partial charge in [0.05, 0.1) is 15.6 Å². The molecule has 0 aliphatic rings. The van der Waals surface area contributed by atoms with Gasteiger partial charge in [-0.05, 0) is 25.1 Å². The standard InChI is InChI=1S/C15H13ClN2O6S/c1-10(15(19)20)17(12-7-3-2-6-11(12)16)25(23,24)14-9-5-4-8-13(14)18(21)22/h2-10H,1H3,(H,19,20). The molecule has 0 aromatic heterocycles. The van der Waals surface area contributed by atoms with E-state index < -0.39 is 37.5 Å². The van der Waals surface area contributed by atoms with Gasteiger partial charge in [-0.2, -0.15) is 0 Å². The summed E-state index contributed by atoms with van der Waals surface area (Å²) in [7, 11) is -4.57. The van der Waals surface area contributed by atoms with Crippen LogP contribution in [0.15, 0.2) is 53.4 Å². The van der Waals surface area contributed by atoms with Gasteiger partial charge in [-0.3, -0.25) is 14.4 Å². The Balaban J connectivity index is 2.76. The van der Waals surface area contributed by atoms with Gasteiger partial charge in [-0.25, -0.2) is 13.2 Å². The lowest BCUT2D eigenvalue weighted by molar-refractivity contribution is -0.387. The second-order valence-corrected chi connectivity index (χ2v) is 7.18. The molecule has 2 rings (SSSR count). The summed E-state index contributed by atoms with van der Waals surface area (Å²) < 4.78 is 26.7. The van der Waals surface area contributed by atoms with Gasteiger partial charge in [0.2, 0.25) is 0 Å². The number of carbonyl (C=O) groups is 1. The molecule has 0 heterocycles. The molecule has 1 N–H and O–H groups in total. The average molecular weight is 385 g/mol. The van der Waals surface area contributed by atoms with Crippen molar-refractivity contribution in [3.8, 4) is 0 Å². The fraction of sp³-hybridized carbons (Fsp3) is 0.133. The minimum absolute atomic E-state index is 0.00207. The summed E-state index contributed by atoms with van der Waals surface area (Å²) in [5.74, 6) is -1.43. The summed E-state index contributed by atoms with van der Waals surface area (Å²) >= 11 is 6.03. The molecule has 0 fully saturated rings. The molecule has 1 unspecified atom stereocenters. The van der Waals surface area contributed by atoms with Crippen LogP contribution in [0.2, 0.25) is 5.02 Å². The zero-order valence-corrected chi connectivity index (χ0v) is 14.4. The summed E-state index contributed by atoms with van der Waals surface area (Å²) in [4.78, 5) is 21.2. The Bertz CT molecular complexity index is 931. The first kappa shape index (κ1) is 18.7. The highest BCUT2D eigenvalue weighted by Gasteiger charge is 2.38. The van der Waals surface area contributed by atoms with Crippen molar-refractivity contribution in [3.63, 3.8) is 0 Å². The van der Waals surface area contributed by atoms with Crippen molar-refractivity contribution < 1.29 is 23.2 Å². The number of rotatable bonds is 6. The van der Waals surface area contributed by atoms with Crippen molar-refractivity contribution in [2.75, 3.05) is 4.31 Å². The van der Waals surface area contributed by atoms with E-state index in [0.717, 1.165) is 19.1 Å². The molecule has 0 aliphatic heterocycles. The summed E-state index contributed by atoms with van der Waals surface area (Å²) in [6.07, 6.45) is 0. The highest BCUT2D eigenvalue weighted by atomic mass is 35.5. The number of nitrogens with zero attached hydrogens (tertiary/aromatic N) is 2. The van der Waals surface area contributed by atoms with E-state index in [0.29, 0.717) is 4.31 Å². The van der Waals surface area contributed by atoms with Gasteiger partial charge in [-0.1, -0.05) is 35.9 Å². The van der Waals surface area contributed by atoms with E-state index in [1.807, 2.05) is 0 Å². The number of sulfonamides is 1. The third kappa shape index (κ3) is 3.57. The molecule has 25 heavy (non-hydrogen) atoms. The molecule has 0 spiro atoms. The molecule has 0 saturated heterocycles. The van der Waals surface area contributed by atoms with Crippen molar-refractivity contribution in [2.45, 2.75) is 17.9 Å². The minimum Gasteiger partial charge on any atom is -0.480 e. The van der Waals surface area contributed by atoms with E-state index >= 15 is 0 Å². The van der Waals surface area contributed by atoms with Crippen LogP contribution in [-0.4, -0.2) is 30.5 Å². The number of carboxylic acids is 1. The lowest BCUT2D eigenvalue weighted by Gasteiger charge is -2.28. The Labute approximate surface area is 148 Å². The fourth-order valence-corrected chi connectivity index (χ4v) is 4.28. The first-order valence-corrected chi connectivity index (χ1v) is 8.75. The predicted molar refractivity (Wildman–Crippen MR) is 91.3 cm³/mol. The number of benzene rings is 2. The average Bonchev–Trinajstić information content (AvgIpc) is 2.56. The third-order valence-corrected chi connectivity index (χ3v) is 5.65. The van der Waals surface area contributed by atoms with Gasteiger partial charge in [0.25, 0.3) is 15.7 Å². The van der Waals surface area contributed by atoms with Gasteiger partial charge in [0, 0.05) is 6.07 Å². The quantitative estimate of drug-likeness (QED) is 0.604. The largest absolute Gasteiger partial charge is 0.480 e. The van der Waals surface area contributed by atoms with E-state index in [9.17, 15) is 28.4 Å². The van der Waals surface area contributed by atoms with E-state index in [-0.39, 0.29) is 10.7 Å². The van der Waals surface area contributed by atoms with Crippen LogP contribution in [0.1, 0.15) is 6.92 Å². The first-order chi connectivity index (χ1) is 11.7. The monoisotopic (exact) mass is 384 g/mol. The molecule has 132 valence electrons.